The van der Waals surface area contributed by atoms with Gasteiger partial charge in [0.1, 0.15) is 0 Å². The summed E-state index contributed by atoms with van der Waals surface area (Å²) >= 11 is 3.06. The van der Waals surface area contributed by atoms with E-state index >= 15 is 0 Å². The molecule has 4 aromatic rings. The quantitative estimate of drug-likeness (QED) is 0.405. The average molecular weight is 405 g/mol. The van der Waals surface area contributed by atoms with Crippen molar-refractivity contribution in [3.05, 3.63) is 83.7 Å². The van der Waals surface area contributed by atoms with Gasteiger partial charge in [-0.1, -0.05) is 84.6 Å². The van der Waals surface area contributed by atoms with Gasteiger partial charge in [-0.3, -0.25) is 4.79 Å². The van der Waals surface area contributed by atoms with E-state index in [0.717, 1.165) is 21.2 Å². The average Bonchev–Trinajstić information content (AvgIpc) is 3.21. The zero-order valence-corrected chi connectivity index (χ0v) is 17.1. The Bertz CT molecular complexity index is 1090. The summed E-state index contributed by atoms with van der Waals surface area (Å²) in [5, 5.41) is 7.52. The molecule has 1 unspecified atom stereocenters. The fourth-order valence-corrected chi connectivity index (χ4v) is 4.83. The number of fused-ring (bicyclic) bond motifs is 1. The Morgan fingerprint density at radius 2 is 1.79 bits per heavy atom. The van der Waals surface area contributed by atoms with Gasteiger partial charge < -0.3 is 5.32 Å². The smallest absolute Gasteiger partial charge is 0.230 e. The minimum absolute atomic E-state index is 0.0156. The molecule has 1 amide bonds. The minimum atomic E-state index is -0.0459. The van der Waals surface area contributed by atoms with Crippen LogP contribution in [0.3, 0.4) is 0 Å². The number of thiazole rings is 1. The molecule has 0 radical (unpaired) electrons. The lowest BCUT2D eigenvalue weighted by Crippen LogP contribution is -2.28. The number of hydrogen-bond donors (Lipinski definition) is 1. The summed E-state index contributed by atoms with van der Waals surface area (Å²) in [7, 11) is 0. The molecule has 0 bridgehead atoms. The van der Waals surface area contributed by atoms with Gasteiger partial charge in [0, 0.05) is 10.9 Å². The van der Waals surface area contributed by atoms with Gasteiger partial charge in [-0.15, -0.1) is 11.3 Å². The predicted molar refractivity (Wildman–Crippen MR) is 119 cm³/mol. The molecule has 3 nitrogen and oxygen atoms in total. The summed E-state index contributed by atoms with van der Waals surface area (Å²) in [6, 6.07) is 24.5. The second kappa shape index (κ2) is 8.59. The van der Waals surface area contributed by atoms with Crippen molar-refractivity contribution in [3.63, 3.8) is 0 Å². The van der Waals surface area contributed by atoms with Gasteiger partial charge in [0.15, 0.2) is 4.34 Å². The summed E-state index contributed by atoms with van der Waals surface area (Å²) in [5.74, 6) is 0.374. The lowest BCUT2D eigenvalue weighted by Gasteiger charge is -2.16. The Kier molecular flexibility index (Phi) is 5.74. The highest BCUT2D eigenvalue weighted by atomic mass is 32.2. The highest BCUT2D eigenvalue weighted by Crippen LogP contribution is 2.28. The molecule has 0 aliphatic carbocycles. The monoisotopic (exact) mass is 404 g/mol. The topological polar surface area (TPSA) is 42.0 Å². The molecule has 0 spiro atoms. The third-order valence-electron chi connectivity index (χ3n) is 4.55. The summed E-state index contributed by atoms with van der Waals surface area (Å²) in [6.07, 6.45) is 0. The normalized spacial score (nSPS) is 12.0. The predicted octanol–water partition coefficient (Wildman–Crippen LogP) is 5.93. The van der Waals surface area contributed by atoms with Crippen molar-refractivity contribution in [2.45, 2.75) is 17.3 Å². The van der Waals surface area contributed by atoms with Crippen LogP contribution in [0.2, 0.25) is 0 Å². The van der Waals surface area contributed by atoms with E-state index in [0.29, 0.717) is 5.75 Å². The number of aromatic nitrogens is 1. The van der Waals surface area contributed by atoms with Crippen LogP contribution in [0.25, 0.3) is 22.0 Å². The van der Waals surface area contributed by atoms with Crippen molar-refractivity contribution in [1.82, 2.24) is 10.3 Å². The number of amides is 1. The number of hydrogen-bond acceptors (Lipinski definition) is 4. The number of nitrogens with one attached hydrogen (secondary N) is 1. The first-order valence-electron chi connectivity index (χ1n) is 9.11. The second-order valence-corrected chi connectivity index (χ2v) is 8.59. The molecule has 1 atom stereocenters. The van der Waals surface area contributed by atoms with Crippen molar-refractivity contribution in [2.75, 3.05) is 5.75 Å². The molecular formula is C23H20N2OS2. The van der Waals surface area contributed by atoms with Gasteiger partial charge in [-0.25, -0.2) is 4.98 Å². The highest BCUT2D eigenvalue weighted by molar-refractivity contribution is 8.01. The maximum Gasteiger partial charge on any atom is 0.230 e. The molecule has 28 heavy (non-hydrogen) atoms. The van der Waals surface area contributed by atoms with Crippen molar-refractivity contribution in [3.8, 4) is 11.3 Å². The van der Waals surface area contributed by atoms with E-state index in [9.17, 15) is 4.79 Å². The van der Waals surface area contributed by atoms with Crippen LogP contribution in [0.5, 0.6) is 0 Å². The highest BCUT2D eigenvalue weighted by Gasteiger charge is 2.13. The molecule has 0 saturated carbocycles. The van der Waals surface area contributed by atoms with Crippen LogP contribution >= 0.6 is 23.1 Å². The van der Waals surface area contributed by atoms with Crippen LogP contribution in [0.15, 0.2) is 82.5 Å². The van der Waals surface area contributed by atoms with Gasteiger partial charge in [-0.2, -0.15) is 0 Å². The third-order valence-corrected chi connectivity index (χ3v) is 6.57. The molecule has 140 valence electrons. The van der Waals surface area contributed by atoms with E-state index in [-0.39, 0.29) is 11.9 Å². The SMILES string of the molecule is CC(NC(=O)CSc1nc(-c2ccccc2)cs1)c1cccc2ccccc12. The molecule has 3 aromatic carbocycles. The Hall–Kier alpha value is -2.63. The Morgan fingerprint density at radius 1 is 1.04 bits per heavy atom. The van der Waals surface area contributed by atoms with Gasteiger partial charge in [-0.05, 0) is 23.3 Å². The second-order valence-electron chi connectivity index (χ2n) is 6.51. The molecule has 1 heterocycles. The molecule has 4 rings (SSSR count). The summed E-state index contributed by atoms with van der Waals surface area (Å²) in [5.41, 5.74) is 3.19. The van der Waals surface area contributed by atoms with Gasteiger partial charge in [0.2, 0.25) is 5.91 Å². The van der Waals surface area contributed by atoms with Crippen LogP contribution in [-0.2, 0) is 4.79 Å². The van der Waals surface area contributed by atoms with Crippen LogP contribution in [0.1, 0.15) is 18.5 Å². The number of carbonyl (C=O) groups excluding carboxylic acids is 1. The maximum absolute atomic E-state index is 12.5. The van der Waals surface area contributed by atoms with Crippen LogP contribution in [-0.4, -0.2) is 16.6 Å². The standard InChI is InChI=1S/C23H20N2OS2/c1-16(19-13-7-11-17-8-5-6-12-20(17)19)24-22(26)15-28-23-25-21(14-27-23)18-9-3-2-4-10-18/h2-14,16H,15H2,1H3,(H,24,26). The fraction of sp³-hybridized carbons (Fsp3) is 0.130. The fourth-order valence-electron chi connectivity index (χ4n) is 3.18. The number of benzene rings is 3. The Labute approximate surface area is 172 Å². The van der Waals surface area contributed by atoms with E-state index in [1.807, 2.05) is 60.8 Å². The maximum atomic E-state index is 12.5. The first-order valence-corrected chi connectivity index (χ1v) is 11.0. The third kappa shape index (κ3) is 4.26. The summed E-state index contributed by atoms with van der Waals surface area (Å²) in [4.78, 5) is 17.1. The van der Waals surface area contributed by atoms with Crippen LogP contribution in [0.4, 0.5) is 0 Å². The Balaban J connectivity index is 1.37. The molecule has 1 aromatic heterocycles. The van der Waals surface area contributed by atoms with E-state index in [1.54, 1.807) is 11.3 Å². The van der Waals surface area contributed by atoms with E-state index < -0.39 is 0 Å². The van der Waals surface area contributed by atoms with Crippen molar-refractivity contribution < 1.29 is 4.79 Å². The molecule has 0 saturated heterocycles. The molecule has 1 N–H and O–H groups in total. The Morgan fingerprint density at radius 3 is 2.64 bits per heavy atom. The van der Waals surface area contributed by atoms with E-state index in [4.69, 9.17) is 0 Å². The number of nitrogens with zero attached hydrogens (tertiary/aromatic N) is 1. The minimum Gasteiger partial charge on any atom is -0.349 e. The number of thioether (sulfide) groups is 1. The molecule has 0 aliphatic heterocycles. The lowest BCUT2D eigenvalue weighted by molar-refractivity contribution is -0.119. The lowest BCUT2D eigenvalue weighted by atomic mass is 10.00. The number of rotatable bonds is 6. The van der Waals surface area contributed by atoms with E-state index in [2.05, 4.69) is 34.6 Å². The number of carbonyl (C=O) groups is 1. The van der Waals surface area contributed by atoms with Crippen LogP contribution in [0, 0.1) is 0 Å². The van der Waals surface area contributed by atoms with Crippen molar-refractivity contribution >= 4 is 39.8 Å². The largest absolute Gasteiger partial charge is 0.349 e. The molecule has 0 aliphatic rings. The first kappa shape index (κ1) is 18.7. The van der Waals surface area contributed by atoms with Crippen molar-refractivity contribution in [1.29, 1.82) is 0 Å². The summed E-state index contributed by atoms with van der Waals surface area (Å²) < 4.78 is 0.909. The van der Waals surface area contributed by atoms with Gasteiger partial charge in [0.25, 0.3) is 0 Å². The first-order chi connectivity index (χ1) is 13.7. The molecule has 0 fully saturated rings. The van der Waals surface area contributed by atoms with Crippen molar-refractivity contribution in [2.24, 2.45) is 0 Å². The summed E-state index contributed by atoms with van der Waals surface area (Å²) in [6.45, 7) is 2.03. The molecule has 5 heteroatoms. The van der Waals surface area contributed by atoms with E-state index in [1.165, 1.54) is 22.5 Å². The zero-order chi connectivity index (χ0) is 19.3. The van der Waals surface area contributed by atoms with Gasteiger partial charge >= 0.3 is 0 Å². The van der Waals surface area contributed by atoms with Gasteiger partial charge in [0.05, 0.1) is 17.5 Å². The zero-order valence-electron chi connectivity index (χ0n) is 15.5. The van der Waals surface area contributed by atoms with Crippen LogP contribution < -0.4 is 5.32 Å². The molecular weight excluding hydrogens is 384 g/mol.